The minimum Gasteiger partial charge on any atom is -0.381 e. The molecule has 0 aromatic rings. The molecule has 5 heteroatoms. The minimum absolute atomic E-state index is 0.140. The average molecular weight is 169 g/mol. The van der Waals surface area contributed by atoms with Gasteiger partial charge in [-0.2, -0.15) is 13.2 Å². The zero-order chi connectivity index (χ0) is 8.48. The van der Waals surface area contributed by atoms with Crippen molar-refractivity contribution in [2.75, 3.05) is 13.2 Å². The van der Waals surface area contributed by atoms with Gasteiger partial charge in [0.2, 0.25) is 0 Å². The highest BCUT2D eigenvalue weighted by Crippen LogP contribution is 2.28. The van der Waals surface area contributed by atoms with E-state index in [0.717, 1.165) is 0 Å². The zero-order valence-corrected chi connectivity index (χ0v) is 5.90. The monoisotopic (exact) mass is 169 g/mol. The molecule has 2 atom stereocenters. The molecular weight excluding hydrogens is 159 g/mol. The fourth-order valence-corrected chi connectivity index (χ4v) is 1.10. The van der Waals surface area contributed by atoms with Gasteiger partial charge in [-0.3, -0.25) is 0 Å². The van der Waals surface area contributed by atoms with Crippen molar-refractivity contribution >= 4 is 0 Å². The van der Waals surface area contributed by atoms with Gasteiger partial charge in [0.25, 0.3) is 0 Å². The Hall–Kier alpha value is -0.290. The Morgan fingerprint density at radius 3 is 2.45 bits per heavy atom. The first kappa shape index (κ1) is 8.80. The molecule has 2 nitrogen and oxygen atoms in total. The van der Waals surface area contributed by atoms with E-state index in [4.69, 9.17) is 10.5 Å². The maximum atomic E-state index is 11.9. The Bertz CT molecular complexity index is 130. The largest absolute Gasteiger partial charge is 0.403 e. The third-order valence-electron chi connectivity index (χ3n) is 1.85. The van der Waals surface area contributed by atoms with Crippen LogP contribution in [0.4, 0.5) is 13.2 Å². The number of nitrogens with two attached hydrogens (primary N) is 1. The van der Waals surface area contributed by atoms with E-state index in [1.807, 2.05) is 0 Å². The molecule has 2 unspecified atom stereocenters. The van der Waals surface area contributed by atoms with Crippen LogP contribution in [0, 0.1) is 5.92 Å². The van der Waals surface area contributed by atoms with Gasteiger partial charge in [0.15, 0.2) is 0 Å². The van der Waals surface area contributed by atoms with Crippen molar-refractivity contribution in [3.05, 3.63) is 0 Å². The van der Waals surface area contributed by atoms with Crippen LogP contribution in [-0.2, 0) is 4.74 Å². The summed E-state index contributed by atoms with van der Waals surface area (Å²) >= 11 is 0. The Labute approximate surface area is 62.5 Å². The first-order valence-electron chi connectivity index (χ1n) is 3.42. The number of hydrogen-bond donors (Lipinski definition) is 1. The first-order chi connectivity index (χ1) is 5.02. The molecule has 0 aromatic carbocycles. The molecule has 0 aliphatic carbocycles. The van der Waals surface area contributed by atoms with E-state index < -0.39 is 18.1 Å². The van der Waals surface area contributed by atoms with Gasteiger partial charge < -0.3 is 10.5 Å². The number of hydrogen-bond acceptors (Lipinski definition) is 2. The van der Waals surface area contributed by atoms with Crippen molar-refractivity contribution < 1.29 is 17.9 Å². The number of halogens is 3. The summed E-state index contributed by atoms with van der Waals surface area (Å²) in [5, 5.41) is 0. The number of rotatable bonds is 1. The van der Waals surface area contributed by atoms with Gasteiger partial charge in [0, 0.05) is 12.5 Å². The highest BCUT2D eigenvalue weighted by atomic mass is 19.4. The standard InChI is InChI=1S/C6H10F3NO/c7-6(8,9)5(10)4-1-2-11-3-4/h4-5H,1-3,10H2. The predicted octanol–water partition coefficient (Wildman–Crippen LogP) is 0.912. The lowest BCUT2D eigenvalue weighted by Crippen LogP contribution is -2.43. The number of ether oxygens (including phenoxy) is 1. The zero-order valence-electron chi connectivity index (χ0n) is 5.90. The van der Waals surface area contributed by atoms with E-state index in [-0.39, 0.29) is 6.61 Å². The van der Waals surface area contributed by atoms with Crippen LogP contribution in [0.5, 0.6) is 0 Å². The molecule has 0 amide bonds. The highest BCUT2D eigenvalue weighted by Gasteiger charge is 2.42. The van der Waals surface area contributed by atoms with Crippen molar-refractivity contribution in [1.29, 1.82) is 0 Å². The van der Waals surface area contributed by atoms with Gasteiger partial charge in [0.1, 0.15) is 6.04 Å². The highest BCUT2D eigenvalue weighted by molar-refractivity contribution is 4.81. The summed E-state index contributed by atoms with van der Waals surface area (Å²) in [4.78, 5) is 0. The third kappa shape index (κ3) is 2.07. The van der Waals surface area contributed by atoms with Gasteiger partial charge in [-0.05, 0) is 6.42 Å². The molecule has 1 aliphatic heterocycles. The van der Waals surface area contributed by atoms with Gasteiger partial charge in [-0.1, -0.05) is 0 Å². The molecule has 1 rings (SSSR count). The molecular formula is C6H10F3NO. The normalized spacial score (nSPS) is 28.9. The smallest absolute Gasteiger partial charge is 0.381 e. The van der Waals surface area contributed by atoms with Crippen molar-refractivity contribution in [2.24, 2.45) is 11.7 Å². The second kappa shape index (κ2) is 2.98. The van der Waals surface area contributed by atoms with E-state index in [9.17, 15) is 13.2 Å². The molecule has 2 N–H and O–H groups in total. The SMILES string of the molecule is NC(C1CCOC1)C(F)(F)F. The molecule has 0 aromatic heterocycles. The van der Waals surface area contributed by atoms with E-state index in [0.29, 0.717) is 13.0 Å². The fraction of sp³-hybridized carbons (Fsp3) is 1.00. The maximum Gasteiger partial charge on any atom is 0.403 e. The maximum absolute atomic E-state index is 11.9. The lowest BCUT2D eigenvalue weighted by molar-refractivity contribution is -0.158. The fourth-order valence-electron chi connectivity index (χ4n) is 1.10. The number of alkyl halides is 3. The summed E-state index contributed by atoms with van der Waals surface area (Å²) in [6, 6.07) is -1.72. The summed E-state index contributed by atoms with van der Waals surface area (Å²) in [6.07, 6.45) is -3.86. The summed E-state index contributed by atoms with van der Waals surface area (Å²) in [5.41, 5.74) is 4.95. The van der Waals surface area contributed by atoms with Crippen LogP contribution in [0.25, 0.3) is 0 Å². The van der Waals surface area contributed by atoms with Gasteiger partial charge in [0.05, 0.1) is 6.61 Å². The second-order valence-corrected chi connectivity index (χ2v) is 2.69. The van der Waals surface area contributed by atoms with Crippen molar-refractivity contribution in [1.82, 2.24) is 0 Å². The average Bonchev–Trinajstić information content (AvgIpc) is 2.34. The first-order valence-corrected chi connectivity index (χ1v) is 3.42. The summed E-state index contributed by atoms with van der Waals surface area (Å²) in [7, 11) is 0. The van der Waals surface area contributed by atoms with Gasteiger partial charge >= 0.3 is 6.18 Å². The van der Waals surface area contributed by atoms with Crippen LogP contribution < -0.4 is 5.73 Å². The van der Waals surface area contributed by atoms with Crippen LogP contribution in [0.15, 0.2) is 0 Å². The van der Waals surface area contributed by atoms with Crippen LogP contribution in [0.2, 0.25) is 0 Å². The van der Waals surface area contributed by atoms with Crippen molar-refractivity contribution in [2.45, 2.75) is 18.6 Å². The Balaban J connectivity index is 2.46. The van der Waals surface area contributed by atoms with E-state index >= 15 is 0 Å². The molecule has 11 heavy (non-hydrogen) atoms. The Morgan fingerprint density at radius 1 is 1.45 bits per heavy atom. The van der Waals surface area contributed by atoms with E-state index in [1.54, 1.807) is 0 Å². The molecule has 66 valence electrons. The third-order valence-corrected chi connectivity index (χ3v) is 1.85. The molecule has 1 heterocycles. The summed E-state index contributed by atoms with van der Waals surface area (Å²) in [5.74, 6) is -0.546. The summed E-state index contributed by atoms with van der Waals surface area (Å²) in [6.45, 7) is 0.537. The van der Waals surface area contributed by atoms with Crippen molar-refractivity contribution in [3.63, 3.8) is 0 Å². The summed E-state index contributed by atoms with van der Waals surface area (Å²) < 4.78 is 40.6. The molecule has 1 saturated heterocycles. The Kier molecular flexibility index (Phi) is 2.39. The Morgan fingerprint density at radius 2 is 2.09 bits per heavy atom. The van der Waals surface area contributed by atoms with Gasteiger partial charge in [-0.25, -0.2) is 0 Å². The van der Waals surface area contributed by atoms with Crippen LogP contribution >= 0.6 is 0 Å². The molecule has 1 fully saturated rings. The molecule has 0 bridgehead atoms. The molecule has 0 saturated carbocycles. The predicted molar refractivity (Wildman–Crippen MR) is 33.0 cm³/mol. The lowest BCUT2D eigenvalue weighted by Gasteiger charge is -2.20. The molecule has 1 aliphatic rings. The second-order valence-electron chi connectivity index (χ2n) is 2.69. The van der Waals surface area contributed by atoms with E-state index in [1.165, 1.54) is 0 Å². The van der Waals surface area contributed by atoms with Crippen LogP contribution in [0.1, 0.15) is 6.42 Å². The molecule has 0 spiro atoms. The van der Waals surface area contributed by atoms with Gasteiger partial charge in [-0.15, -0.1) is 0 Å². The molecule has 0 radical (unpaired) electrons. The minimum atomic E-state index is -4.28. The van der Waals surface area contributed by atoms with Crippen molar-refractivity contribution in [3.8, 4) is 0 Å². The van der Waals surface area contributed by atoms with E-state index in [2.05, 4.69) is 0 Å². The lowest BCUT2D eigenvalue weighted by atomic mass is 10.00. The van der Waals surface area contributed by atoms with Crippen LogP contribution in [0.3, 0.4) is 0 Å². The topological polar surface area (TPSA) is 35.2 Å². The van der Waals surface area contributed by atoms with Crippen LogP contribution in [-0.4, -0.2) is 25.4 Å². The quantitative estimate of drug-likeness (QED) is 0.633.